The van der Waals surface area contributed by atoms with Gasteiger partial charge in [0, 0.05) is 25.6 Å². The molecular formula is C16H10BrCl2O4. The van der Waals surface area contributed by atoms with E-state index in [9.17, 15) is 9.59 Å². The molecule has 2 aromatic carbocycles. The number of ether oxygens (including phenoxy) is 2. The zero-order valence-corrected chi connectivity index (χ0v) is 14.7. The molecule has 2 rings (SSSR count). The predicted molar refractivity (Wildman–Crippen MR) is 89.9 cm³/mol. The van der Waals surface area contributed by atoms with E-state index in [-0.39, 0.29) is 6.61 Å². The van der Waals surface area contributed by atoms with Crippen molar-refractivity contribution in [3.63, 3.8) is 0 Å². The maximum absolute atomic E-state index is 12.2. The van der Waals surface area contributed by atoms with Crippen LogP contribution < -0.4 is 0 Å². The lowest BCUT2D eigenvalue weighted by molar-refractivity contribution is -0.154. The summed E-state index contributed by atoms with van der Waals surface area (Å²) in [5, 5.41) is 0.862. The van der Waals surface area contributed by atoms with Gasteiger partial charge in [-0.1, -0.05) is 63.4 Å². The van der Waals surface area contributed by atoms with Crippen molar-refractivity contribution in [2.45, 2.75) is 12.7 Å². The summed E-state index contributed by atoms with van der Waals surface area (Å²) in [5.74, 6) is -0.730. The van der Waals surface area contributed by atoms with Crippen molar-refractivity contribution >= 4 is 51.6 Å². The van der Waals surface area contributed by atoms with Crippen molar-refractivity contribution in [2.24, 2.45) is 0 Å². The van der Waals surface area contributed by atoms with Gasteiger partial charge in [-0.15, -0.1) is 0 Å². The minimum absolute atomic E-state index is 0.0714. The third kappa shape index (κ3) is 4.70. The average Bonchev–Trinajstić information content (AvgIpc) is 2.52. The zero-order chi connectivity index (χ0) is 16.8. The van der Waals surface area contributed by atoms with E-state index in [4.69, 9.17) is 32.7 Å². The Balaban J connectivity index is 2.13. The van der Waals surface area contributed by atoms with E-state index in [1.165, 1.54) is 6.47 Å². The molecule has 119 valence electrons. The largest absolute Gasteiger partial charge is 0.458 e. The highest BCUT2D eigenvalue weighted by Gasteiger charge is 2.26. The molecule has 4 nitrogen and oxygen atoms in total. The minimum Gasteiger partial charge on any atom is -0.458 e. The molecule has 0 saturated heterocycles. The second-order valence-electron chi connectivity index (χ2n) is 4.45. The van der Waals surface area contributed by atoms with Gasteiger partial charge in [0.15, 0.2) is 0 Å². The Labute approximate surface area is 151 Å². The van der Waals surface area contributed by atoms with Crippen molar-refractivity contribution in [3.05, 3.63) is 68.1 Å². The lowest BCUT2D eigenvalue weighted by Gasteiger charge is -2.16. The lowest BCUT2D eigenvalue weighted by Crippen LogP contribution is -2.19. The number of hydrogen-bond acceptors (Lipinski definition) is 4. The fourth-order valence-corrected chi connectivity index (χ4v) is 2.79. The van der Waals surface area contributed by atoms with Crippen LogP contribution in [0.5, 0.6) is 0 Å². The first-order chi connectivity index (χ1) is 11.0. The van der Waals surface area contributed by atoms with Crippen LogP contribution in [0.4, 0.5) is 0 Å². The van der Waals surface area contributed by atoms with Crippen LogP contribution in [0.1, 0.15) is 17.2 Å². The van der Waals surface area contributed by atoms with Crippen LogP contribution in [0.15, 0.2) is 46.9 Å². The van der Waals surface area contributed by atoms with Crippen LogP contribution in [0.2, 0.25) is 10.0 Å². The third-order valence-electron chi connectivity index (χ3n) is 2.95. The van der Waals surface area contributed by atoms with E-state index in [0.717, 1.165) is 0 Å². The quantitative estimate of drug-likeness (QED) is 0.644. The summed E-state index contributed by atoms with van der Waals surface area (Å²) in [6, 6.07) is 11.7. The Morgan fingerprint density at radius 1 is 1.22 bits per heavy atom. The van der Waals surface area contributed by atoms with Crippen molar-refractivity contribution in [3.8, 4) is 0 Å². The van der Waals surface area contributed by atoms with Gasteiger partial charge in [0.25, 0.3) is 0 Å². The van der Waals surface area contributed by atoms with Gasteiger partial charge in [-0.2, -0.15) is 0 Å². The predicted octanol–water partition coefficient (Wildman–Crippen LogP) is 4.62. The molecule has 0 aliphatic rings. The smallest absolute Gasteiger partial charge is 0.418 e. The Morgan fingerprint density at radius 3 is 2.61 bits per heavy atom. The lowest BCUT2D eigenvalue weighted by atomic mass is 10.1. The van der Waals surface area contributed by atoms with Crippen molar-refractivity contribution in [1.29, 1.82) is 0 Å². The van der Waals surface area contributed by atoms with Gasteiger partial charge in [-0.3, -0.25) is 0 Å². The fraction of sp³-hybridized carbons (Fsp3) is 0.125. The van der Waals surface area contributed by atoms with Gasteiger partial charge in [-0.25, -0.2) is 9.59 Å². The molecule has 0 N–H and O–H groups in total. The first-order valence-electron chi connectivity index (χ1n) is 6.40. The molecule has 0 amide bonds. The molecule has 2 aromatic rings. The number of carbonyl (C=O) groups is 1. The van der Waals surface area contributed by atoms with E-state index in [1.807, 2.05) is 0 Å². The average molecular weight is 417 g/mol. The summed E-state index contributed by atoms with van der Waals surface area (Å²) < 4.78 is 10.5. The highest BCUT2D eigenvalue weighted by molar-refractivity contribution is 9.10. The Bertz CT molecular complexity index is 721. The monoisotopic (exact) mass is 415 g/mol. The molecule has 0 aliphatic heterocycles. The molecule has 0 bridgehead atoms. The van der Waals surface area contributed by atoms with E-state index >= 15 is 0 Å². The highest BCUT2D eigenvalue weighted by Crippen LogP contribution is 2.27. The summed E-state index contributed by atoms with van der Waals surface area (Å²) in [4.78, 5) is 22.8. The van der Waals surface area contributed by atoms with Crippen molar-refractivity contribution < 1.29 is 19.1 Å². The number of halogens is 3. The van der Waals surface area contributed by atoms with Gasteiger partial charge in [0.1, 0.15) is 6.61 Å². The van der Waals surface area contributed by atoms with Gasteiger partial charge in [0.2, 0.25) is 6.10 Å². The van der Waals surface area contributed by atoms with Crippen LogP contribution >= 0.6 is 39.1 Å². The van der Waals surface area contributed by atoms with Crippen LogP contribution in [-0.4, -0.2) is 12.4 Å². The topological polar surface area (TPSA) is 52.6 Å². The molecule has 1 unspecified atom stereocenters. The Morgan fingerprint density at radius 2 is 1.96 bits per heavy atom. The van der Waals surface area contributed by atoms with E-state index in [1.54, 1.807) is 42.5 Å². The summed E-state index contributed by atoms with van der Waals surface area (Å²) in [6.45, 7) is 1.20. The molecule has 0 aliphatic carbocycles. The summed E-state index contributed by atoms with van der Waals surface area (Å²) in [5.41, 5.74) is 1.05. The van der Waals surface area contributed by atoms with Crippen LogP contribution in [0.25, 0.3) is 0 Å². The normalized spacial score (nSPS) is 11.6. The fourth-order valence-electron chi connectivity index (χ4n) is 1.84. The van der Waals surface area contributed by atoms with Gasteiger partial charge >= 0.3 is 12.4 Å². The van der Waals surface area contributed by atoms with E-state index in [2.05, 4.69) is 15.9 Å². The van der Waals surface area contributed by atoms with Crippen molar-refractivity contribution in [2.75, 3.05) is 0 Å². The Hall–Kier alpha value is -1.56. The number of benzene rings is 2. The van der Waals surface area contributed by atoms with Crippen LogP contribution in [0.3, 0.4) is 0 Å². The molecular weight excluding hydrogens is 407 g/mol. The first kappa shape index (κ1) is 17.8. The van der Waals surface area contributed by atoms with Crippen LogP contribution in [-0.2, 0) is 25.7 Å². The Kier molecular flexibility index (Phi) is 6.45. The second-order valence-corrected chi connectivity index (χ2v) is 6.14. The number of carbonyl (C=O) groups excluding carboxylic acids is 2. The SMILES string of the molecule is O=[C]OC(C(=O)OCc1ccc(Cl)cc1Cl)c1ccccc1Br. The molecule has 0 aromatic heterocycles. The zero-order valence-electron chi connectivity index (χ0n) is 11.6. The molecule has 0 spiro atoms. The number of esters is 1. The minimum atomic E-state index is -1.21. The summed E-state index contributed by atoms with van der Waals surface area (Å²) in [6.07, 6.45) is -1.21. The van der Waals surface area contributed by atoms with E-state index in [0.29, 0.717) is 25.6 Å². The molecule has 0 saturated carbocycles. The maximum Gasteiger partial charge on any atom is 0.418 e. The number of hydrogen-bond donors (Lipinski definition) is 0. The first-order valence-corrected chi connectivity index (χ1v) is 7.95. The molecule has 1 atom stereocenters. The molecule has 0 heterocycles. The second kappa shape index (κ2) is 8.34. The van der Waals surface area contributed by atoms with Gasteiger partial charge < -0.3 is 9.47 Å². The molecule has 7 heteroatoms. The highest BCUT2D eigenvalue weighted by atomic mass is 79.9. The molecule has 0 fully saturated rings. The van der Waals surface area contributed by atoms with Crippen molar-refractivity contribution in [1.82, 2.24) is 0 Å². The summed E-state index contributed by atoms with van der Waals surface area (Å²) in [7, 11) is 0. The molecule has 1 radical (unpaired) electrons. The third-order valence-corrected chi connectivity index (χ3v) is 4.26. The van der Waals surface area contributed by atoms with Gasteiger partial charge in [-0.05, 0) is 18.2 Å². The molecule has 23 heavy (non-hydrogen) atoms. The maximum atomic E-state index is 12.2. The number of rotatable bonds is 6. The van der Waals surface area contributed by atoms with E-state index < -0.39 is 12.1 Å². The standard InChI is InChI=1S/C16H10BrCl2O4/c17-13-4-2-1-3-12(13)15(23-9-20)16(21)22-8-10-5-6-11(18)7-14(10)19/h1-7,15H,8H2. The summed E-state index contributed by atoms with van der Waals surface area (Å²) >= 11 is 15.1. The van der Waals surface area contributed by atoms with Gasteiger partial charge in [0.05, 0.1) is 0 Å². The van der Waals surface area contributed by atoms with Crippen LogP contribution in [0, 0.1) is 0 Å².